The number of halogens is 2. The predicted molar refractivity (Wildman–Crippen MR) is 139 cm³/mol. The second-order valence-electron chi connectivity index (χ2n) is 8.86. The van der Waals surface area contributed by atoms with Crippen molar-refractivity contribution < 1.29 is 18.3 Å². The van der Waals surface area contributed by atoms with E-state index in [0.29, 0.717) is 39.6 Å². The molecule has 1 saturated carbocycles. The highest BCUT2D eigenvalue weighted by Gasteiger charge is 2.46. The zero-order valence-corrected chi connectivity index (χ0v) is 20.6. The summed E-state index contributed by atoms with van der Waals surface area (Å²) in [5.74, 6) is -1.12. The van der Waals surface area contributed by atoms with Gasteiger partial charge in [0.1, 0.15) is 5.82 Å². The van der Waals surface area contributed by atoms with Crippen molar-refractivity contribution >= 4 is 32.6 Å². The first kappa shape index (κ1) is 23.3. The van der Waals surface area contributed by atoms with Crippen molar-refractivity contribution in [3.8, 4) is 22.7 Å². The second kappa shape index (κ2) is 9.40. The molecule has 6 rings (SSSR count). The third-order valence-corrected chi connectivity index (χ3v) is 7.31. The highest BCUT2D eigenvalue weighted by Crippen LogP contribution is 2.51. The Kier molecular flexibility index (Phi) is 5.92. The maximum absolute atomic E-state index is 14.7. The number of thiazole rings is 1. The van der Waals surface area contributed by atoms with Gasteiger partial charge in [0.2, 0.25) is 5.91 Å². The first-order valence-electron chi connectivity index (χ1n) is 11.9. The summed E-state index contributed by atoms with van der Waals surface area (Å²) < 4.78 is 36.0. The fourth-order valence-electron chi connectivity index (χ4n) is 4.50. The highest BCUT2D eigenvalue weighted by molar-refractivity contribution is 7.22. The molecule has 1 amide bonds. The van der Waals surface area contributed by atoms with Crippen molar-refractivity contribution in [3.05, 3.63) is 90.1 Å². The maximum Gasteiger partial charge on any atom is 0.229 e. The zero-order valence-electron chi connectivity index (χ0n) is 19.8. The molecule has 0 spiro atoms. The van der Waals surface area contributed by atoms with Crippen LogP contribution in [0.3, 0.4) is 0 Å². The molecule has 1 fully saturated rings. The van der Waals surface area contributed by atoms with E-state index in [1.165, 1.54) is 29.5 Å². The SMILES string of the molecule is CCOc1ccc(-c2nn(-c3ccccc3)cc2C2CC2C(=O)Nc2nc3ccc(F)cc3s2)cc1F. The summed E-state index contributed by atoms with van der Waals surface area (Å²) in [6.07, 6.45) is 2.55. The number of aromatic nitrogens is 3. The van der Waals surface area contributed by atoms with E-state index in [1.54, 1.807) is 29.8 Å². The minimum Gasteiger partial charge on any atom is -0.491 e. The van der Waals surface area contributed by atoms with Crippen LogP contribution in [0.1, 0.15) is 24.8 Å². The van der Waals surface area contributed by atoms with Crippen LogP contribution < -0.4 is 10.1 Å². The Labute approximate surface area is 215 Å². The summed E-state index contributed by atoms with van der Waals surface area (Å²) in [5, 5.41) is 8.09. The summed E-state index contributed by atoms with van der Waals surface area (Å²) in [4.78, 5) is 17.5. The van der Waals surface area contributed by atoms with Gasteiger partial charge in [-0.1, -0.05) is 29.5 Å². The fourth-order valence-corrected chi connectivity index (χ4v) is 5.39. The summed E-state index contributed by atoms with van der Waals surface area (Å²) in [6.45, 7) is 2.17. The van der Waals surface area contributed by atoms with Gasteiger partial charge in [-0.05, 0) is 61.9 Å². The maximum atomic E-state index is 14.7. The summed E-state index contributed by atoms with van der Waals surface area (Å²) >= 11 is 1.24. The van der Waals surface area contributed by atoms with Crippen LogP contribution in [0.4, 0.5) is 13.9 Å². The van der Waals surface area contributed by atoms with Crippen LogP contribution in [0.15, 0.2) is 72.9 Å². The molecule has 5 aromatic rings. The number of para-hydroxylation sites is 1. The monoisotopic (exact) mass is 516 g/mol. The van der Waals surface area contributed by atoms with Gasteiger partial charge in [-0.2, -0.15) is 5.10 Å². The van der Waals surface area contributed by atoms with E-state index in [1.807, 2.05) is 36.5 Å². The first-order valence-corrected chi connectivity index (χ1v) is 12.8. The number of carbonyl (C=O) groups is 1. The van der Waals surface area contributed by atoms with Gasteiger partial charge in [0, 0.05) is 29.2 Å². The Morgan fingerprint density at radius 2 is 1.97 bits per heavy atom. The smallest absolute Gasteiger partial charge is 0.229 e. The van der Waals surface area contributed by atoms with E-state index in [9.17, 15) is 13.6 Å². The number of amides is 1. The van der Waals surface area contributed by atoms with Crippen molar-refractivity contribution in [1.82, 2.24) is 14.8 Å². The number of anilines is 1. The Balaban J connectivity index is 1.29. The van der Waals surface area contributed by atoms with Crippen molar-refractivity contribution in [2.45, 2.75) is 19.3 Å². The minimum absolute atomic E-state index is 0.0751. The second-order valence-corrected chi connectivity index (χ2v) is 9.89. The van der Waals surface area contributed by atoms with Gasteiger partial charge in [0.25, 0.3) is 0 Å². The van der Waals surface area contributed by atoms with Gasteiger partial charge < -0.3 is 10.1 Å². The Morgan fingerprint density at radius 1 is 1.14 bits per heavy atom. The van der Waals surface area contributed by atoms with E-state index in [-0.39, 0.29) is 29.3 Å². The molecule has 37 heavy (non-hydrogen) atoms. The molecule has 186 valence electrons. The molecular formula is C28H22F2N4O2S. The van der Waals surface area contributed by atoms with E-state index < -0.39 is 5.82 Å². The molecule has 9 heteroatoms. The minimum atomic E-state index is -0.461. The van der Waals surface area contributed by atoms with Crippen LogP contribution in [-0.4, -0.2) is 27.3 Å². The Hall–Kier alpha value is -4.11. The lowest BCUT2D eigenvalue weighted by molar-refractivity contribution is -0.117. The number of benzene rings is 3. The van der Waals surface area contributed by atoms with Crippen molar-refractivity contribution in [3.63, 3.8) is 0 Å². The number of carbonyl (C=O) groups excluding carboxylic acids is 1. The number of rotatable bonds is 7. The predicted octanol–water partition coefficient (Wildman–Crippen LogP) is 6.57. The lowest BCUT2D eigenvalue weighted by atomic mass is 10.0. The van der Waals surface area contributed by atoms with Crippen molar-refractivity contribution in [2.24, 2.45) is 5.92 Å². The molecule has 0 radical (unpaired) electrons. The van der Waals surface area contributed by atoms with Crippen molar-refractivity contribution in [2.75, 3.05) is 11.9 Å². The third kappa shape index (κ3) is 4.58. The molecular weight excluding hydrogens is 494 g/mol. The van der Waals surface area contributed by atoms with Crippen LogP contribution in [0.5, 0.6) is 5.75 Å². The number of hydrogen-bond acceptors (Lipinski definition) is 5. The molecule has 0 aliphatic heterocycles. The lowest BCUT2D eigenvalue weighted by Gasteiger charge is -2.07. The first-order chi connectivity index (χ1) is 18.0. The standard InChI is InChI=1S/C28H22F2N4O2S/c1-2-36-24-11-8-16(12-22(24)30)26-21(15-34(33-26)18-6-4-3-5-7-18)19-14-20(19)27(35)32-28-31-23-10-9-17(29)13-25(23)37-28/h3-13,15,19-20H,2,14H2,1H3,(H,31,32,35). The quantitative estimate of drug-likeness (QED) is 0.266. The molecule has 6 nitrogen and oxygen atoms in total. The van der Waals surface area contributed by atoms with Crippen LogP contribution in [-0.2, 0) is 4.79 Å². The number of nitrogens with one attached hydrogen (secondary N) is 1. The molecule has 0 saturated heterocycles. The van der Waals surface area contributed by atoms with Gasteiger partial charge in [0.05, 0.1) is 28.2 Å². The zero-order chi connectivity index (χ0) is 25.5. The molecule has 2 atom stereocenters. The Bertz CT molecular complexity index is 1620. The van der Waals surface area contributed by atoms with Gasteiger partial charge in [-0.15, -0.1) is 0 Å². The van der Waals surface area contributed by atoms with Crippen LogP contribution >= 0.6 is 11.3 Å². The van der Waals surface area contributed by atoms with Crippen LogP contribution in [0.2, 0.25) is 0 Å². The van der Waals surface area contributed by atoms with E-state index in [4.69, 9.17) is 9.84 Å². The van der Waals surface area contributed by atoms with Gasteiger partial charge >= 0.3 is 0 Å². The average Bonchev–Trinajstić information content (AvgIpc) is 3.41. The molecule has 1 aliphatic carbocycles. The van der Waals surface area contributed by atoms with Crippen molar-refractivity contribution in [1.29, 1.82) is 0 Å². The summed E-state index contributed by atoms with van der Waals surface area (Å²) in [6, 6.07) is 18.8. The number of ether oxygens (including phenoxy) is 1. The Morgan fingerprint density at radius 3 is 2.76 bits per heavy atom. The number of hydrogen-bond donors (Lipinski definition) is 1. The average molecular weight is 517 g/mol. The van der Waals surface area contributed by atoms with E-state index in [2.05, 4.69) is 10.3 Å². The fraction of sp³-hybridized carbons (Fsp3) is 0.179. The van der Waals surface area contributed by atoms with E-state index in [0.717, 1.165) is 11.3 Å². The normalized spacial score (nSPS) is 16.6. The molecule has 3 aromatic carbocycles. The molecule has 1 aliphatic rings. The van der Waals surface area contributed by atoms with Crippen LogP contribution in [0.25, 0.3) is 27.2 Å². The largest absolute Gasteiger partial charge is 0.491 e. The third-order valence-electron chi connectivity index (χ3n) is 6.38. The van der Waals surface area contributed by atoms with Crippen LogP contribution in [0, 0.1) is 17.6 Å². The molecule has 1 N–H and O–H groups in total. The number of fused-ring (bicyclic) bond motifs is 1. The van der Waals surface area contributed by atoms with Gasteiger partial charge in [-0.25, -0.2) is 18.4 Å². The molecule has 2 unspecified atom stereocenters. The number of nitrogens with zero attached hydrogens (tertiary/aromatic N) is 3. The van der Waals surface area contributed by atoms with Gasteiger partial charge in [0.15, 0.2) is 16.7 Å². The van der Waals surface area contributed by atoms with Gasteiger partial charge in [-0.3, -0.25) is 4.79 Å². The summed E-state index contributed by atoms with van der Waals surface area (Å²) in [7, 11) is 0. The van der Waals surface area contributed by atoms with E-state index >= 15 is 0 Å². The summed E-state index contributed by atoms with van der Waals surface area (Å²) in [5.41, 5.74) is 3.62. The molecule has 2 heterocycles. The highest BCUT2D eigenvalue weighted by atomic mass is 32.1. The lowest BCUT2D eigenvalue weighted by Crippen LogP contribution is -2.14. The topological polar surface area (TPSA) is 69.0 Å². The molecule has 2 aromatic heterocycles. The molecule has 0 bridgehead atoms.